The Bertz CT molecular complexity index is 1060. The van der Waals surface area contributed by atoms with E-state index in [4.69, 9.17) is 4.74 Å². The van der Waals surface area contributed by atoms with E-state index in [1.807, 2.05) is 27.7 Å². The van der Waals surface area contributed by atoms with E-state index < -0.39 is 21.5 Å². The van der Waals surface area contributed by atoms with Crippen LogP contribution in [0.1, 0.15) is 36.7 Å². The number of nitrogens with zero attached hydrogens (tertiary/aromatic N) is 1. The minimum atomic E-state index is -4.02. The van der Waals surface area contributed by atoms with Gasteiger partial charge in [-0.05, 0) is 58.0 Å². The molecule has 0 fully saturated rings. The fourth-order valence-electron chi connectivity index (χ4n) is 2.82. The molecule has 0 saturated heterocycles. The van der Waals surface area contributed by atoms with Crippen molar-refractivity contribution >= 4 is 27.5 Å². The van der Waals surface area contributed by atoms with Crippen LogP contribution in [-0.4, -0.2) is 51.4 Å². The van der Waals surface area contributed by atoms with E-state index in [1.165, 1.54) is 37.3 Å². The number of sulfonamides is 1. The lowest BCUT2D eigenvalue weighted by Gasteiger charge is -2.23. The number of aryl methyl sites for hydroxylation is 1. The Balaban J connectivity index is 2.29. The van der Waals surface area contributed by atoms with Gasteiger partial charge in [0, 0.05) is 23.8 Å². The third-order valence-electron chi connectivity index (χ3n) is 4.25. The van der Waals surface area contributed by atoms with Gasteiger partial charge in [0.2, 0.25) is 5.91 Å². The summed E-state index contributed by atoms with van der Waals surface area (Å²) in [4.78, 5) is 26.0. The molecule has 9 heteroatoms. The van der Waals surface area contributed by atoms with Gasteiger partial charge in [-0.15, -0.1) is 0 Å². The second kappa shape index (κ2) is 9.38. The highest BCUT2D eigenvalue weighted by atomic mass is 32.2. The fourth-order valence-corrected chi connectivity index (χ4v) is 4.07. The van der Waals surface area contributed by atoms with E-state index in [-0.39, 0.29) is 28.7 Å². The number of hydrogen-bond acceptors (Lipinski definition) is 5. The second-order valence-corrected chi connectivity index (χ2v) is 9.95. The SMILES string of the molecule is COc1ccc(C(=O)N(C)CC(=O)NC(C)(C)C)cc1S(=O)(=O)Nc1ccc(C)cc1. The summed E-state index contributed by atoms with van der Waals surface area (Å²) in [5.74, 6) is -0.700. The van der Waals surface area contributed by atoms with Crippen molar-refractivity contribution in [3.8, 4) is 5.75 Å². The summed E-state index contributed by atoms with van der Waals surface area (Å²) in [5.41, 5.74) is 1.08. The molecule has 0 spiro atoms. The first-order valence-corrected chi connectivity index (χ1v) is 11.1. The highest BCUT2D eigenvalue weighted by Gasteiger charge is 2.24. The first-order chi connectivity index (χ1) is 14.3. The fraction of sp³-hybridized carbons (Fsp3) is 0.364. The van der Waals surface area contributed by atoms with Crippen LogP contribution in [0.4, 0.5) is 5.69 Å². The van der Waals surface area contributed by atoms with Crippen LogP contribution < -0.4 is 14.8 Å². The highest BCUT2D eigenvalue weighted by Crippen LogP contribution is 2.27. The number of nitrogens with one attached hydrogen (secondary N) is 2. The number of rotatable bonds is 7. The maximum absolute atomic E-state index is 13.0. The maximum atomic E-state index is 13.0. The van der Waals surface area contributed by atoms with Crippen molar-refractivity contribution < 1.29 is 22.7 Å². The molecule has 31 heavy (non-hydrogen) atoms. The second-order valence-electron chi connectivity index (χ2n) is 8.30. The third-order valence-corrected chi connectivity index (χ3v) is 5.65. The van der Waals surface area contributed by atoms with E-state index in [0.717, 1.165) is 5.56 Å². The van der Waals surface area contributed by atoms with Crippen molar-refractivity contribution in [2.24, 2.45) is 0 Å². The number of likely N-dealkylation sites (N-methyl/N-ethyl adjacent to an activating group) is 1. The van der Waals surface area contributed by atoms with Crippen molar-refractivity contribution in [3.63, 3.8) is 0 Å². The summed E-state index contributed by atoms with van der Waals surface area (Å²) in [7, 11) is -1.19. The zero-order valence-electron chi connectivity index (χ0n) is 18.6. The number of methoxy groups -OCH3 is 1. The van der Waals surface area contributed by atoms with Crippen LogP contribution in [0.5, 0.6) is 5.75 Å². The number of anilines is 1. The molecule has 0 atom stereocenters. The Hall–Kier alpha value is -3.07. The number of benzene rings is 2. The average Bonchev–Trinajstić information content (AvgIpc) is 2.67. The molecular formula is C22H29N3O5S. The summed E-state index contributed by atoms with van der Waals surface area (Å²) in [6, 6.07) is 11.0. The molecule has 0 heterocycles. The van der Waals surface area contributed by atoms with Gasteiger partial charge in [0.05, 0.1) is 13.7 Å². The molecule has 0 aliphatic carbocycles. The zero-order chi connectivity index (χ0) is 23.4. The molecule has 168 valence electrons. The van der Waals surface area contributed by atoms with E-state index >= 15 is 0 Å². The monoisotopic (exact) mass is 447 g/mol. The van der Waals surface area contributed by atoms with Gasteiger partial charge in [0.25, 0.3) is 15.9 Å². The normalized spacial score (nSPS) is 11.5. The van der Waals surface area contributed by atoms with Crippen LogP contribution in [0.2, 0.25) is 0 Å². The molecule has 2 aromatic rings. The lowest BCUT2D eigenvalue weighted by molar-refractivity contribution is -0.122. The van der Waals surface area contributed by atoms with Crippen molar-refractivity contribution in [1.29, 1.82) is 0 Å². The number of ether oxygens (including phenoxy) is 1. The molecule has 2 aromatic carbocycles. The quantitative estimate of drug-likeness (QED) is 0.679. The van der Waals surface area contributed by atoms with Gasteiger partial charge in [0.1, 0.15) is 10.6 Å². The molecule has 8 nitrogen and oxygen atoms in total. The summed E-state index contributed by atoms with van der Waals surface area (Å²) >= 11 is 0. The molecule has 0 aliphatic heterocycles. The smallest absolute Gasteiger partial charge is 0.265 e. The molecule has 2 amide bonds. The predicted octanol–water partition coefficient (Wildman–Crippen LogP) is 2.79. The first kappa shape index (κ1) is 24.2. The van der Waals surface area contributed by atoms with Gasteiger partial charge in [-0.25, -0.2) is 8.42 Å². The van der Waals surface area contributed by atoms with Gasteiger partial charge < -0.3 is 15.0 Å². The molecular weight excluding hydrogens is 418 g/mol. The molecule has 0 saturated carbocycles. The van der Waals surface area contributed by atoms with Crippen LogP contribution >= 0.6 is 0 Å². The van der Waals surface area contributed by atoms with Crippen molar-refractivity contribution in [1.82, 2.24) is 10.2 Å². The van der Waals surface area contributed by atoms with Gasteiger partial charge in [-0.3, -0.25) is 14.3 Å². The van der Waals surface area contributed by atoms with Crippen LogP contribution in [0.25, 0.3) is 0 Å². The lowest BCUT2D eigenvalue weighted by atomic mass is 10.1. The minimum absolute atomic E-state index is 0.101. The van der Waals surface area contributed by atoms with E-state index in [2.05, 4.69) is 10.0 Å². The summed E-state index contributed by atoms with van der Waals surface area (Å²) in [6.45, 7) is 7.26. The van der Waals surface area contributed by atoms with Crippen molar-refractivity contribution in [2.45, 2.75) is 38.1 Å². The Morgan fingerprint density at radius 3 is 2.23 bits per heavy atom. The highest BCUT2D eigenvalue weighted by molar-refractivity contribution is 7.92. The first-order valence-electron chi connectivity index (χ1n) is 9.66. The minimum Gasteiger partial charge on any atom is -0.495 e. The Morgan fingerprint density at radius 2 is 1.68 bits per heavy atom. The molecule has 0 unspecified atom stereocenters. The van der Waals surface area contributed by atoms with E-state index in [0.29, 0.717) is 5.69 Å². The molecule has 0 bridgehead atoms. The van der Waals surface area contributed by atoms with Crippen LogP contribution in [0.3, 0.4) is 0 Å². The Morgan fingerprint density at radius 1 is 1.06 bits per heavy atom. The number of amides is 2. The lowest BCUT2D eigenvalue weighted by Crippen LogP contribution is -2.46. The number of carbonyl (C=O) groups excluding carboxylic acids is 2. The van der Waals surface area contributed by atoms with Crippen molar-refractivity contribution in [3.05, 3.63) is 53.6 Å². The Kier molecular flexibility index (Phi) is 7.32. The van der Waals surface area contributed by atoms with E-state index in [1.54, 1.807) is 24.3 Å². The molecule has 0 aromatic heterocycles. The van der Waals surface area contributed by atoms with Crippen LogP contribution in [-0.2, 0) is 14.8 Å². The zero-order valence-corrected chi connectivity index (χ0v) is 19.5. The van der Waals surface area contributed by atoms with E-state index in [9.17, 15) is 18.0 Å². The largest absolute Gasteiger partial charge is 0.495 e. The summed E-state index contributed by atoms with van der Waals surface area (Å²) < 4.78 is 33.6. The van der Waals surface area contributed by atoms with Crippen LogP contribution in [0.15, 0.2) is 47.4 Å². The molecule has 0 aliphatic rings. The van der Waals surface area contributed by atoms with Gasteiger partial charge in [-0.2, -0.15) is 0 Å². The number of carbonyl (C=O) groups is 2. The Labute approximate surface area is 183 Å². The summed E-state index contributed by atoms with van der Waals surface area (Å²) in [5, 5.41) is 2.78. The van der Waals surface area contributed by atoms with Gasteiger partial charge in [0.15, 0.2) is 0 Å². The molecule has 2 N–H and O–H groups in total. The van der Waals surface area contributed by atoms with Crippen molar-refractivity contribution in [2.75, 3.05) is 25.4 Å². The van der Waals surface area contributed by atoms with Gasteiger partial charge in [-0.1, -0.05) is 17.7 Å². The maximum Gasteiger partial charge on any atom is 0.265 e. The predicted molar refractivity (Wildman–Crippen MR) is 120 cm³/mol. The summed E-state index contributed by atoms with van der Waals surface area (Å²) in [6.07, 6.45) is 0. The molecule has 0 radical (unpaired) electrons. The van der Waals surface area contributed by atoms with Crippen LogP contribution in [0, 0.1) is 6.92 Å². The molecule has 2 rings (SSSR count). The number of hydrogen-bond donors (Lipinski definition) is 2. The average molecular weight is 448 g/mol. The van der Waals surface area contributed by atoms with Gasteiger partial charge >= 0.3 is 0 Å². The third kappa shape index (κ3) is 6.71. The standard InChI is InChI=1S/C22H29N3O5S/c1-15-7-10-17(11-8-15)24-31(28,29)19-13-16(9-12-18(19)30-6)21(27)25(5)14-20(26)23-22(2,3)4/h7-13,24H,14H2,1-6H3,(H,23,26). The topological polar surface area (TPSA) is 105 Å².